The van der Waals surface area contributed by atoms with Crippen LogP contribution in [0.15, 0.2) is 11.4 Å². The summed E-state index contributed by atoms with van der Waals surface area (Å²) in [5.41, 5.74) is 6.78. The summed E-state index contributed by atoms with van der Waals surface area (Å²) in [5.74, 6) is -0.0739. The van der Waals surface area contributed by atoms with E-state index in [0.717, 1.165) is 0 Å². The minimum atomic E-state index is -0.262. The fourth-order valence-corrected chi connectivity index (χ4v) is 2.12. The Labute approximate surface area is 112 Å². The number of carbonyl (C=O) groups excluding carboxylic acids is 1. The number of aromatic nitrogens is 3. The van der Waals surface area contributed by atoms with Gasteiger partial charge in [-0.15, -0.1) is 11.3 Å². The van der Waals surface area contributed by atoms with Gasteiger partial charge in [0.2, 0.25) is 11.9 Å². The van der Waals surface area contributed by atoms with Crippen LogP contribution in [0.3, 0.4) is 0 Å². The summed E-state index contributed by atoms with van der Waals surface area (Å²) >= 11 is 7.06. The van der Waals surface area contributed by atoms with Crippen LogP contribution in [0.4, 0.5) is 11.1 Å². The van der Waals surface area contributed by atoms with Gasteiger partial charge in [-0.25, -0.2) is 15.0 Å². The van der Waals surface area contributed by atoms with Crippen LogP contribution in [0.1, 0.15) is 11.4 Å². The molecule has 0 saturated carbocycles. The molecule has 0 aliphatic rings. The van der Waals surface area contributed by atoms with E-state index in [4.69, 9.17) is 17.3 Å². The Hall–Kier alpha value is -1.73. The Morgan fingerprint density at radius 3 is 2.89 bits per heavy atom. The molecule has 18 heavy (non-hydrogen) atoms. The second-order valence-electron chi connectivity index (χ2n) is 3.56. The van der Waals surface area contributed by atoms with Crippen molar-refractivity contribution in [2.24, 2.45) is 0 Å². The van der Waals surface area contributed by atoms with Crippen LogP contribution < -0.4 is 11.1 Å². The zero-order valence-electron chi connectivity index (χ0n) is 9.48. The molecule has 8 heteroatoms. The Morgan fingerprint density at radius 2 is 2.28 bits per heavy atom. The summed E-state index contributed by atoms with van der Waals surface area (Å²) in [6.07, 6.45) is 0.128. The lowest BCUT2D eigenvalue weighted by Gasteiger charge is -2.03. The van der Waals surface area contributed by atoms with Gasteiger partial charge in [0, 0.05) is 11.1 Å². The number of nitrogen functional groups attached to an aromatic ring is 1. The van der Waals surface area contributed by atoms with Crippen molar-refractivity contribution in [2.45, 2.75) is 13.3 Å². The summed E-state index contributed by atoms with van der Waals surface area (Å²) in [6.45, 7) is 1.77. The van der Waals surface area contributed by atoms with E-state index in [1.54, 1.807) is 18.4 Å². The smallest absolute Gasteiger partial charge is 0.232 e. The monoisotopic (exact) mass is 283 g/mol. The summed E-state index contributed by atoms with van der Waals surface area (Å²) in [7, 11) is 0. The number of nitrogens with zero attached hydrogens (tertiary/aromatic N) is 3. The molecule has 0 spiro atoms. The summed E-state index contributed by atoms with van der Waals surface area (Å²) in [4.78, 5) is 23.7. The number of hydrogen-bond donors (Lipinski definition) is 2. The average Bonchev–Trinajstić information content (AvgIpc) is 2.61. The molecule has 2 aromatic heterocycles. The van der Waals surface area contributed by atoms with Crippen LogP contribution >= 0.6 is 22.9 Å². The number of amides is 1. The van der Waals surface area contributed by atoms with Gasteiger partial charge in [-0.2, -0.15) is 0 Å². The van der Waals surface area contributed by atoms with Gasteiger partial charge in [0.15, 0.2) is 5.13 Å². The van der Waals surface area contributed by atoms with E-state index in [-0.39, 0.29) is 23.4 Å². The lowest BCUT2D eigenvalue weighted by Crippen LogP contribution is -2.17. The van der Waals surface area contributed by atoms with Crippen molar-refractivity contribution in [3.05, 3.63) is 28.0 Å². The molecule has 0 radical (unpaired) electrons. The topological polar surface area (TPSA) is 93.8 Å². The average molecular weight is 284 g/mol. The van der Waals surface area contributed by atoms with Gasteiger partial charge in [0.25, 0.3) is 0 Å². The van der Waals surface area contributed by atoms with Gasteiger partial charge in [-0.1, -0.05) is 11.6 Å². The number of anilines is 2. The first-order valence-electron chi connectivity index (χ1n) is 5.04. The zero-order chi connectivity index (χ0) is 13.1. The Balaban J connectivity index is 2.02. The van der Waals surface area contributed by atoms with E-state index in [2.05, 4.69) is 20.3 Å². The minimum Gasteiger partial charge on any atom is -0.375 e. The van der Waals surface area contributed by atoms with Crippen molar-refractivity contribution in [3.8, 4) is 0 Å². The zero-order valence-corrected chi connectivity index (χ0v) is 11.0. The molecule has 0 aliphatic carbocycles. The van der Waals surface area contributed by atoms with Crippen LogP contribution in [0, 0.1) is 6.92 Å². The molecule has 0 saturated heterocycles. The van der Waals surface area contributed by atoms with E-state index in [9.17, 15) is 4.79 Å². The number of rotatable bonds is 3. The van der Waals surface area contributed by atoms with Crippen LogP contribution in [-0.2, 0) is 11.2 Å². The molecule has 3 N–H and O–H groups in total. The van der Waals surface area contributed by atoms with E-state index in [1.165, 1.54) is 11.3 Å². The van der Waals surface area contributed by atoms with Gasteiger partial charge in [-0.05, 0) is 13.0 Å². The number of hydrogen-bond acceptors (Lipinski definition) is 6. The Morgan fingerprint density at radius 1 is 1.50 bits per heavy atom. The maximum Gasteiger partial charge on any atom is 0.232 e. The van der Waals surface area contributed by atoms with E-state index in [1.807, 2.05) is 0 Å². The second-order valence-corrected chi connectivity index (χ2v) is 4.83. The third-order valence-electron chi connectivity index (χ3n) is 1.99. The number of aryl methyl sites for hydroxylation is 1. The number of halogens is 1. The third kappa shape index (κ3) is 3.38. The molecule has 2 aromatic rings. The first-order valence-corrected chi connectivity index (χ1v) is 6.29. The van der Waals surface area contributed by atoms with Gasteiger partial charge in [-0.3, -0.25) is 10.1 Å². The van der Waals surface area contributed by atoms with Gasteiger partial charge in [0.05, 0.1) is 12.1 Å². The second kappa shape index (κ2) is 5.28. The predicted molar refractivity (Wildman–Crippen MR) is 70.6 cm³/mol. The van der Waals surface area contributed by atoms with Crippen LogP contribution in [0.25, 0.3) is 0 Å². The first kappa shape index (κ1) is 12.7. The largest absolute Gasteiger partial charge is 0.375 e. The molecule has 0 aliphatic heterocycles. The van der Waals surface area contributed by atoms with Crippen molar-refractivity contribution in [3.63, 3.8) is 0 Å². The van der Waals surface area contributed by atoms with Crippen molar-refractivity contribution in [2.75, 3.05) is 11.1 Å². The highest BCUT2D eigenvalue weighted by atomic mass is 35.5. The van der Waals surface area contributed by atoms with Gasteiger partial charge >= 0.3 is 0 Å². The van der Waals surface area contributed by atoms with Crippen molar-refractivity contribution < 1.29 is 4.79 Å². The number of thiazole rings is 1. The molecule has 0 atom stereocenters. The van der Waals surface area contributed by atoms with Crippen molar-refractivity contribution in [1.82, 2.24) is 15.0 Å². The van der Waals surface area contributed by atoms with Crippen LogP contribution in [0.5, 0.6) is 0 Å². The third-order valence-corrected chi connectivity index (χ3v) is 2.90. The maximum atomic E-state index is 11.7. The standard InChI is InChI=1S/C10H10ClN5OS/c1-5-2-7(11)15-10(13-5)16-8(17)3-6-4-18-9(12)14-6/h2,4H,3H2,1H3,(H2,12,14)(H,13,15,16,17). The lowest BCUT2D eigenvalue weighted by atomic mass is 10.3. The maximum absolute atomic E-state index is 11.7. The molecule has 0 bridgehead atoms. The van der Waals surface area contributed by atoms with E-state index >= 15 is 0 Å². The van der Waals surface area contributed by atoms with Gasteiger partial charge in [0.1, 0.15) is 5.15 Å². The highest BCUT2D eigenvalue weighted by molar-refractivity contribution is 7.13. The molecular weight excluding hydrogens is 274 g/mol. The van der Waals surface area contributed by atoms with Crippen molar-refractivity contribution >= 4 is 39.9 Å². The summed E-state index contributed by atoms with van der Waals surface area (Å²) in [6, 6.07) is 1.61. The lowest BCUT2D eigenvalue weighted by molar-refractivity contribution is -0.115. The quantitative estimate of drug-likeness (QED) is 0.836. The molecule has 2 heterocycles. The van der Waals surface area contributed by atoms with Crippen LogP contribution in [0.2, 0.25) is 5.15 Å². The summed E-state index contributed by atoms with van der Waals surface area (Å²) < 4.78 is 0. The number of carbonyl (C=O) groups is 1. The fraction of sp³-hybridized carbons (Fsp3) is 0.200. The number of nitrogens with one attached hydrogen (secondary N) is 1. The van der Waals surface area contributed by atoms with Crippen molar-refractivity contribution in [1.29, 1.82) is 0 Å². The molecular formula is C10H10ClN5OS. The van der Waals surface area contributed by atoms with E-state index < -0.39 is 0 Å². The molecule has 94 valence electrons. The Bertz CT molecular complexity index is 565. The highest BCUT2D eigenvalue weighted by Crippen LogP contribution is 2.13. The minimum absolute atomic E-state index is 0.128. The summed E-state index contributed by atoms with van der Waals surface area (Å²) in [5, 5.41) is 5.02. The molecule has 0 unspecified atom stereocenters. The molecule has 0 fully saturated rings. The first-order chi connectivity index (χ1) is 8.52. The van der Waals surface area contributed by atoms with Crippen LogP contribution in [-0.4, -0.2) is 20.9 Å². The fourth-order valence-electron chi connectivity index (χ4n) is 1.32. The Kier molecular flexibility index (Phi) is 3.73. The predicted octanol–water partition coefficient (Wildman–Crippen LogP) is 1.66. The normalized spacial score (nSPS) is 10.3. The molecule has 0 aromatic carbocycles. The molecule has 1 amide bonds. The van der Waals surface area contributed by atoms with E-state index in [0.29, 0.717) is 16.5 Å². The number of nitrogens with two attached hydrogens (primary N) is 1. The van der Waals surface area contributed by atoms with Gasteiger partial charge < -0.3 is 5.73 Å². The molecule has 2 rings (SSSR count). The SMILES string of the molecule is Cc1cc(Cl)nc(NC(=O)Cc2csc(N)n2)n1. The highest BCUT2D eigenvalue weighted by Gasteiger charge is 2.09. The molecule has 6 nitrogen and oxygen atoms in total.